The van der Waals surface area contributed by atoms with Gasteiger partial charge in [0, 0.05) is 37.7 Å². The summed E-state index contributed by atoms with van der Waals surface area (Å²) >= 11 is 0. The second-order valence-corrected chi connectivity index (χ2v) is 6.55. The van der Waals surface area contributed by atoms with Gasteiger partial charge in [0.2, 0.25) is 5.88 Å². The van der Waals surface area contributed by atoms with Crippen LogP contribution in [0.4, 0.5) is 13.2 Å². The van der Waals surface area contributed by atoms with Crippen LogP contribution in [0.25, 0.3) is 0 Å². The Bertz CT molecular complexity index is 830. The van der Waals surface area contributed by atoms with E-state index < -0.39 is 18.0 Å². The molecule has 1 aromatic heterocycles. The number of alkyl halides is 3. The van der Waals surface area contributed by atoms with Crippen LogP contribution in [0.2, 0.25) is 0 Å². The van der Waals surface area contributed by atoms with Crippen molar-refractivity contribution in [3.8, 4) is 11.6 Å². The topological polar surface area (TPSA) is 64.5 Å². The predicted molar refractivity (Wildman–Crippen MR) is 94.2 cm³/mol. The van der Waals surface area contributed by atoms with Crippen molar-refractivity contribution in [3.63, 3.8) is 0 Å². The molecule has 3 rings (SSSR count). The summed E-state index contributed by atoms with van der Waals surface area (Å²) in [4.78, 5) is 22.6. The van der Waals surface area contributed by atoms with E-state index in [0.29, 0.717) is 37.6 Å². The van der Waals surface area contributed by atoms with Crippen molar-refractivity contribution in [3.05, 3.63) is 47.4 Å². The van der Waals surface area contributed by atoms with E-state index in [1.54, 1.807) is 13.0 Å². The fraction of sp³-hybridized carbons (Fsp3) is 0.421. The maximum absolute atomic E-state index is 12.7. The zero-order valence-corrected chi connectivity index (χ0v) is 15.5. The zero-order chi connectivity index (χ0) is 20.3. The number of carbonyl (C=O) groups is 1. The average molecular weight is 395 g/mol. The molecular formula is C19H20F3N3O3. The first-order valence-corrected chi connectivity index (χ1v) is 8.84. The minimum Gasteiger partial charge on any atom is -0.474 e. The number of aromatic nitrogens is 2. The highest BCUT2D eigenvalue weighted by atomic mass is 19.4. The first-order valence-electron chi connectivity index (χ1n) is 8.84. The third-order valence-corrected chi connectivity index (χ3v) is 4.30. The van der Waals surface area contributed by atoms with Crippen LogP contribution in [0.3, 0.4) is 0 Å². The van der Waals surface area contributed by atoms with Gasteiger partial charge in [-0.15, -0.1) is 13.2 Å². The quantitative estimate of drug-likeness (QED) is 0.790. The highest BCUT2D eigenvalue weighted by Crippen LogP contribution is 2.28. The highest BCUT2D eigenvalue weighted by Gasteiger charge is 2.34. The van der Waals surface area contributed by atoms with Crippen molar-refractivity contribution in [2.75, 3.05) is 13.1 Å². The molecule has 2 heterocycles. The van der Waals surface area contributed by atoms with Crippen LogP contribution in [0.1, 0.15) is 34.7 Å². The molecule has 0 unspecified atom stereocenters. The Hall–Kier alpha value is -2.84. The number of nitrogens with zero attached hydrogens (tertiary/aromatic N) is 3. The van der Waals surface area contributed by atoms with E-state index in [2.05, 4.69) is 14.7 Å². The maximum atomic E-state index is 12.7. The van der Waals surface area contributed by atoms with Crippen molar-refractivity contribution in [1.29, 1.82) is 0 Å². The molecule has 28 heavy (non-hydrogen) atoms. The van der Waals surface area contributed by atoms with Gasteiger partial charge in [0.15, 0.2) is 0 Å². The van der Waals surface area contributed by atoms with Crippen LogP contribution < -0.4 is 9.47 Å². The molecule has 1 saturated heterocycles. The molecule has 0 atom stereocenters. The number of likely N-dealkylation sites (tertiary alicyclic amines) is 1. The number of aryl methyl sites for hydroxylation is 2. The number of ether oxygens (including phenoxy) is 2. The van der Waals surface area contributed by atoms with E-state index in [-0.39, 0.29) is 11.7 Å². The third kappa shape index (κ3) is 5.11. The lowest BCUT2D eigenvalue weighted by Gasteiger charge is -2.32. The number of hydrogen-bond donors (Lipinski definition) is 0. The third-order valence-electron chi connectivity index (χ3n) is 4.30. The molecule has 1 fully saturated rings. The summed E-state index contributed by atoms with van der Waals surface area (Å²) in [6.07, 6.45) is -3.88. The van der Waals surface area contributed by atoms with Crippen molar-refractivity contribution in [1.82, 2.24) is 14.9 Å². The van der Waals surface area contributed by atoms with Gasteiger partial charge in [0.05, 0.1) is 5.56 Å². The predicted octanol–water partition coefficient (Wildman–Crippen LogP) is 3.68. The molecule has 0 spiro atoms. The van der Waals surface area contributed by atoms with E-state index in [9.17, 15) is 18.0 Å². The molecule has 0 N–H and O–H groups in total. The molecule has 0 saturated carbocycles. The number of amides is 1. The van der Waals surface area contributed by atoms with Gasteiger partial charge in [-0.25, -0.2) is 4.98 Å². The fourth-order valence-electron chi connectivity index (χ4n) is 3.12. The van der Waals surface area contributed by atoms with E-state index >= 15 is 0 Å². The van der Waals surface area contributed by atoms with Crippen molar-refractivity contribution >= 4 is 5.91 Å². The van der Waals surface area contributed by atoms with E-state index in [0.717, 1.165) is 11.8 Å². The number of benzene rings is 1. The number of rotatable bonds is 4. The van der Waals surface area contributed by atoms with Gasteiger partial charge in [0.25, 0.3) is 5.91 Å². The molecule has 1 aliphatic heterocycles. The lowest BCUT2D eigenvalue weighted by atomic mass is 10.1. The Labute approximate surface area is 160 Å². The molecule has 6 nitrogen and oxygen atoms in total. The average Bonchev–Trinajstić information content (AvgIpc) is 2.60. The van der Waals surface area contributed by atoms with Crippen molar-refractivity contribution in [2.24, 2.45) is 0 Å². The number of para-hydroxylation sites is 1. The van der Waals surface area contributed by atoms with Crippen LogP contribution >= 0.6 is 0 Å². The van der Waals surface area contributed by atoms with Crippen molar-refractivity contribution < 1.29 is 27.4 Å². The Balaban J connectivity index is 1.63. The van der Waals surface area contributed by atoms with Crippen LogP contribution in [0, 0.1) is 13.8 Å². The summed E-state index contributed by atoms with van der Waals surface area (Å²) in [5.74, 6) is 0.111. The molecule has 2 aromatic rings. The zero-order valence-electron chi connectivity index (χ0n) is 15.5. The van der Waals surface area contributed by atoms with E-state index in [1.807, 2.05) is 6.92 Å². The number of halogens is 3. The summed E-state index contributed by atoms with van der Waals surface area (Å²) in [5.41, 5.74) is 0.692. The van der Waals surface area contributed by atoms with Gasteiger partial charge in [0.1, 0.15) is 17.7 Å². The van der Waals surface area contributed by atoms with E-state index in [4.69, 9.17) is 4.74 Å². The van der Waals surface area contributed by atoms with Gasteiger partial charge in [-0.3, -0.25) is 4.79 Å². The molecule has 0 radical (unpaired) electrons. The first kappa shape index (κ1) is 19.9. The Morgan fingerprint density at radius 3 is 2.46 bits per heavy atom. The minimum atomic E-state index is -4.86. The SMILES string of the molecule is Cc1cc(OC2CCN(C(=O)c3ccccc3OC(F)(F)F)CC2)nc(C)n1. The van der Waals surface area contributed by atoms with Crippen molar-refractivity contribution in [2.45, 2.75) is 39.2 Å². The monoisotopic (exact) mass is 395 g/mol. The molecule has 9 heteroatoms. The largest absolute Gasteiger partial charge is 0.573 e. The fourth-order valence-corrected chi connectivity index (χ4v) is 3.12. The van der Waals surface area contributed by atoms with Gasteiger partial charge in [-0.2, -0.15) is 4.98 Å². The van der Waals surface area contributed by atoms with E-state index in [1.165, 1.54) is 23.1 Å². The molecule has 1 aromatic carbocycles. The summed E-state index contributed by atoms with van der Waals surface area (Å²) in [6.45, 7) is 4.37. The normalized spacial score (nSPS) is 15.4. The van der Waals surface area contributed by atoms with Crippen LogP contribution in [0.15, 0.2) is 30.3 Å². The number of carbonyl (C=O) groups excluding carboxylic acids is 1. The molecular weight excluding hydrogens is 375 g/mol. The number of hydrogen-bond acceptors (Lipinski definition) is 5. The van der Waals surface area contributed by atoms with Gasteiger partial charge in [-0.05, 0) is 26.0 Å². The first-order chi connectivity index (χ1) is 13.2. The molecule has 1 aliphatic rings. The maximum Gasteiger partial charge on any atom is 0.573 e. The second-order valence-electron chi connectivity index (χ2n) is 6.55. The molecule has 1 amide bonds. The minimum absolute atomic E-state index is 0.110. The smallest absolute Gasteiger partial charge is 0.474 e. The lowest BCUT2D eigenvalue weighted by Crippen LogP contribution is -2.42. The highest BCUT2D eigenvalue weighted by molar-refractivity contribution is 5.97. The summed E-state index contributed by atoms with van der Waals surface area (Å²) in [5, 5.41) is 0. The van der Waals surface area contributed by atoms with Crippen LogP contribution in [-0.2, 0) is 0 Å². The second kappa shape index (κ2) is 8.04. The van der Waals surface area contributed by atoms with Crippen LogP contribution in [0.5, 0.6) is 11.6 Å². The Morgan fingerprint density at radius 2 is 1.82 bits per heavy atom. The van der Waals surface area contributed by atoms with Crippen LogP contribution in [-0.4, -0.2) is 46.3 Å². The standard InChI is InChI=1S/C19H20F3N3O3/c1-12-11-17(24-13(2)23-12)27-14-7-9-25(10-8-14)18(26)15-5-3-4-6-16(15)28-19(20,21)22/h3-6,11,14H,7-10H2,1-2H3. The summed E-state index contributed by atoms with van der Waals surface area (Å²) < 4.78 is 47.6. The molecule has 0 aliphatic carbocycles. The van der Waals surface area contributed by atoms with Gasteiger partial charge < -0.3 is 14.4 Å². The van der Waals surface area contributed by atoms with Gasteiger partial charge in [-0.1, -0.05) is 12.1 Å². The summed E-state index contributed by atoms with van der Waals surface area (Å²) in [7, 11) is 0. The number of piperidine rings is 1. The Morgan fingerprint density at radius 1 is 1.14 bits per heavy atom. The summed E-state index contributed by atoms with van der Waals surface area (Å²) in [6, 6.07) is 7.11. The molecule has 150 valence electrons. The Kier molecular flexibility index (Phi) is 5.71. The van der Waals surface area contributed by atoms with Gasteiger partial charge >= 0.3 is 6.36 Å². The molecule has 0 bridgehead atoms. The lowest BCUT2D eigenvalue weighted by molar-refractivity contribution is -0.274.